The van der Waals surface area contributed by atoms with Gasteiger partial charge in [0.25, 0.3) is 0 Å². The van der Waals surface area contributed by atoms with Gasteiger partial charge in [0.2, 0.25) is 0 Å². The molecule has 1 aliphatic rings. The summed E-state index contributed by atoms with van der Waals surface area (Å²) < 4.78 is 14.2. The molecular weight excluding hydrogens is 343 g/mol. The van der Waals surface area contributed by atoms with Crippen LogP contribution in [0.25, 0.3) is 22.4 Å². The van der Waals surface area contributed by atoms with Gasteiger partial charge in [0.1, 0.15) is 5.65 Å². The van der Waals surface area contributed by atoms with Gasteiger partial charge < -0.3 is 15.2 Å². The SMILES string of the molecule is CN1CCCC(Nc2nc(-c3c[nH]c4ncc(Cl)cc34)ncc2F)C1. The second kappa shape index (κ2) is 6.57. The molecule has 0 spiro atoms. The molecule has 130 valence electrons. The lowest BCUT2D eigenvalue weighted by atomic mass is 10.1. The minimum atomic E-state index is -0.451. The Bertz CT molecular complexity index is 911. The van der Waals surface area contributed by atoms with Crippen molar-refractivity contribution < 1.29 is 4.39 Å². The van der Waals surface area contributed by atoms with Gasteiger partial charge in [-0.2, -0.15) is 0 Å². The van der Waals surface area contributed by atoms with Crippen LogP contribution in [0.15, 0.2) is 24.7 Å². The van der Waals surface area contributed by atoms with Gasteiger partial charge in [-0.1, -0.05) is 11.6 Å². The maximum Gasteiger partial charge on any atom is 0.183 e. The fraction of sp³-hybridized carbons (Fsp3) is 0.353. The van der Waals surface area contributed by atoms with Gasteiger partial charge in [0.05, 0.1) is 11.2 Å². The predicted molar refractivity (Wildman–Crippen MR) is 96.2 cm³/mol. The monoisotopic (exact) mass is 360 g/mol. The molecule has 1 unspecified atom stereocenters. The van der Waals surface area contributed by atoms with Crippen LogP contribution >= 0.6 is 11.6 Å². The highest BCUT2D eigenvalue weighted by Gasteiger charge is 2.20. The number of nitrogens with zero attached hydrogens (tertiary/aromatic N) is 4. The smallest absolute Gasteiger partial charge is 0.183 e. The Morgan fingerprint density at radius 1 is 1.36 bits per heavy atom. The van der Waals surface area contributed by atoms with E-state index < -0.39 is 5.82 Å². The van der Waals surface area contributed by atoms with Crippen molar-refractivity contribution in [2.45, 2.75) is 18.9 Å². The first-order valence-electron chi connectivity index (χ1n) is 8.21. The van der Waals surface area contributed by atoms with E-state index in [2.05, 4.69) is 37.2 Å². The molecule has 0 radical (unpaired) electrons. The lowest BCUT2D eigenvalue weighted by Gasteiger charge is -2.30. The van der Waals surface area contributed by atoms with E-state index in [1.165, 1.54) is 6.20 Å². The molecular formula is C17H18ClFN6. The van der Waals surface area contributed by atoms with Crippen molar-refractivity contribution >= 4 is 28.5 Å². The second-order valence-electron chi connectivity index (χ2n) is 6.39. The van der Waals surface area contributed by atoms with Gasteiger partial charge in [0.15, 0.2) is 17.5 Å². The Morgan fingerprint density at radius 2 is 2.24 bits per heavy atom. The normalized spacial score (nSPS) is 18.6. The van der Waals surface area contributed by atoms with Crippen molar-refractivity contribution in [2.24, 2.45) is 0 Å². The molecule has 4 heterocycles. The Kier molecular flexibility index (Phi) is 4.27. The van der Waals surface area contributed by atoms with Crippen molar-refractivity contribution in [1.29, 1.82) is 0 Å². The van der Waals surface area contributed by atoms with Crippen LogP contribution in [-0.2, 0) is 0 Å². The summed E-state index contributed by atoms with van der Waals surface area (Å²) in [7, 11) is 2.07. The summed E-state index contributed by atoms with van der Waals surface area (Å²) >= 11 is 6.04. The van der Waals surface area contributed by atoms with Crippen LogP contribution in [0.1, 0.15) is 12.8 Å². The first kappa shape index (κ1) is 16.2. The number of likely N-dealkylation sites (tertiary alicyclic amines) is 1. The van der Waals surface area contributed by atoms with Crippen LogP contribution in [0.2, 0.25) is 5.02 Å². The van der Waals surface area contributed by atoms with Crippen molar-refractivity contribution in [1.82, 2.24) is 24.8 Å². The highest BCUT2D eigenvalue weighted by Crippen LogP contribution is 2.28. The van der Waals surface area contributed by atoms with Crippen molar-refractivity contribution in [3.63, 3.8) is 0 Å². The molecule has 0 saturated carbocycles. The number of H-pyrrole nitrogens is 1. The number of halogens is 2. The zero-order chi connectivity index (χ0) is 17.4. The van der Waals surface area contributed by atoms with Gasteiger partial charge >= 0.3 is 0 Å². The number of likely N-dealkylation sites (N-methyl/N-ethyl adjacent to an activating group) is 1. The number of fused-ring (bicyclic) bond motifs is 1. The topological polar surface area (TPSA) is 69.7 Å². The van der Waals surface area contributed by atoms with E-state index >= 15 is 0 Å². The van der Waals surface area contributed by atoms with Crippen LogP contribution in [0.4, 0.5) is 10.2 Å². The van der Waals surface area contributed by atoms with Gasteiger partial charge in [-0.15, -0.1) is 0 Å². The third-order valence-electron chi connectivity index (χ3n) is 4.45. The summed E-state index contributed by atoms with van der Waals surface area (Å²) in [4.78, 5) is 18.1. The first-order valence-corrected chi connectivity index (χ1v) is 8.58. The van der Waals surface area contributed by atoms with E-state index in [1.807, 2.05) is 0 Å². The van der Waals surface area contributed by atoms with Crippen molar-refractivity contribution in [3.05, 3.63) is 35.5 Å². The molecule has 2 N–H and O–H groups in total. The molecule has 3 aromatic rings. The maximum absolute atomic E-state index is 14.2. The Balaban J connectivity index is 1.67. The van der Waals surface area contributed by atoms with E-state index in [4.69, 9.17) is 11.6 Å². The number of hydrogen-bond donors (Lipinski definition) is 2. The standard InChI is InChI=1S/C17H18ClFN6/c1-25-4-2-3-11(9-25)23-17-14(19)8-22-16(24-17)13-7-21-15-12(13)5-10(18)6-20-15/h5-8,11H,2-4,9H2,1H3,(H,20,21)(H,22,23,24). The number of nitrogens with one attached hydrogen (secondary N) is 2. The Labute approximate surface area is 149 Å². The number of pyridine rings is 1. The lowest BCUT2D eigenvalue weighted by molar-refractivity contribution is 0.260. The van der Waals surface area contributed by atoms with E-state index in [1.54, 1.807) is 18.5 Å². The summed E-state index contributed by atoms with van der Waals surface area (Å²) in [5.41, 5.74) is 1.43. The molecule has 8 heteroatoms. The molecule has 0 bridgehead atoms. The molecule has 0 aromatic carbocycles. The fourth-order valence-corrected chi connectivity index (χ4v) is 3.40. The lowest BCUT2D eigenvalue weighted by Crippen LogP contribution is -2.40. The van der Waals surface area contributed by atoms with Crippen LogP contribution < -0.4 is 5.32 Å². The van der Waals surface area contributed by atoms with Gasteiger partial charge in [-0.3, -0.25) is 0 Å². The fourth-order valence-electron chi connectivity index (χ4n) is 3.24. The van der Waals surface area contributed by atoms with Crippen LogP contribution in [-0.4, -0.2) is 51.0 Å². The quantitative estimate of drug-likeness (QED) is 0.749. The minimum absolute atomic E-state index is 0.176. The minimum Gasteiger partial charge on any atom is -0.363 e. The predicted octanol–water partition coefficient (Wildman–Crippen LogP) is 3.32. The largest absolute Gasteiger partial charge is 0.363 e. The molecule has 6 nitrogen and oxygen atoms in total. The molecule has 0 amide bonds. The zero-order valence-corrected chi connectivity index (χ0v) is 14.5. The highest BCUT2D eigenvalue weighted by atomic mass is 35.5. The number of piperidine rings is 1. The maximum atomic E-state index is 14.2. The zero-order valence-electron chi connectivity index (χ0n) is 13.8. The Morgan fingerprint density at radius 3 is 3.08 bits per heavy atom. The van der Waals surface area contributed by atoms with Gasteiger partial charge in [-0.05, 0) is 32.5 Å². The Hall–Kier alpha value is -2.25. The molecule has 1 fully saturated rings. The highest BCUT2D eigenvalue weighted by molar-refractivity contribution is 6.31. The van der Waals surface area contributed by atoms with Crippen LogP contribution in [0, 0.1) is 5.82 Å². The van der Waals surface area contributed by atoms with Crippen molar-refractivity contribution in [2.75, 3.05) is 25.5 Å². The molecule has 25 heavy (non-hydrogen) atoms. The summed E-state index contributed by atoms with van der Waals surface area (Å²) in [6, 6.07) is 1.97. The average molecular weight is 361 g/mol. The van der Waals surface area contributed by atoms with Gasteiger partial charge in [-0.25, -0.2) is 19.3 Å². The average Bonchev–Trinajstić information content (AvgIpc) is 3.00. The molecule has 1 aliphatic heterocycles. The van der Waals surface area contributed by atoms with Crippen molar-refractivity contribution in [3.8, 4) is 11.4 Å². The molecule has 0 aliphatic carbocycles. The molecule has 3 aromatic heterocycles. The molecule has 4 rings (SSSR count). The van der Waals surface area contributed by atoms with E-state index in [0.717, 1.165) is 36.9 Å². The molecule has 1 atom stereocenters. The molecule has 1 saturated heterocycles. The summed E-state index contributed by atoms with van der Waals surface area (Å²) in [6.45, 7) is 1.93. The number of rotatable bonds is 3. The second-order valence-corrected chi connectivity index (χ2v) is 6.82. The summed E-state index contributed by atoms with van der Waals surface area (Å²) in [6.07, 6.45) is 6.62. The summed E-state index contributed by atoms with van der Waals surface area (Å²) in [5.74, 6) is 0.214. The number of hydrogen-bond acceptors (Lipinski definition) is 5. The first-order chi connectivity index (χ1) is 12.1. The van der Waals surface area contributed by atoms with E-state index in [-0.39, 0.29) is 11.9 Å². The number of aromatic nitrogens is 4. The van der Waals surface area contributed by atoms with Gasteiger partial charge in [0, 0.05) is 35.9 Å². The van der Waals surface area contributed by atoms with E-state index in [9.17, 15) is 4.39 Å². The number of aromatic amines is 1. The van der Waals surface area contributed by atoms with E-state index in [0.29, 0.717) is 16.5 Å². The number of anilines is 1. The van der Waals surface area contributed by atoms with Crippen LogP contribution in [0.5, 0.6) is 0 Å². The third-order valence-corrected chi connectivity index (χ3v) is 4.65. The summed E-state index contributed by atoms with van der Waals surface area (Å²) in [5, 5.41) is 4.56. The van der Waals surface area contributed by atoms with Crippen LogP contribution in [0.3, 0.4) is 0 Å². The third kappa shape index (κ3) is 3.29.